The number of carbonyl (C=O) groups is 1. The smallest absolute Gasteiger partial charge is 0.251 e. The summed E-state index contributed by atoms with van der Waals surface area (Å²) < 4.78 is 5.52. The van der Waals surface area contributed by atoms with Gasteiger partial charge in [0.15, 0.2) is 0 Å². The minimum atomic E-state index is -0.0504. The number of fused-ring (bicyclic) bond motifs is 1. The summed E-state index contributed by atoms with van der Waals surface area (Å²) in [6.07, 6.45) is 3.05. The molecule has 2 N–H and O–H groups in total. The molecule has 0 atom stereocenters. The molecule has 0 unspecified atom stereocenters. The first-order valence-electron chi connectivity index (χ1n) is 10.9. The molecule has 0 aliphatic heterocycles. The molecule has 1 amide bonds. The van der Waals surface area contributed by atoms with Gasteiger partial charge >= 0.3 is 0 Å². The van der Waals surface area contributed by atoms with Crippen molar-refractivity contribution in [3.63, 3.8) is 0 Å². The number of aromatic nitrogens is 2. The van der Waals surface area contributed by atoms with Crippen LogP contribution in [-0.4, -0.2) is 35.6 Å². The molecule has 3 rings (SSSR count). The van der Waals surface area contributed by atoms with Crippen molar-refractivity contribution in [3.8, 4) is 0 Å². The molecule has 6 nitrogen and oxygen atoms in total. The van der Waals surface area contributed by atoms with Gasteiger partial charge in [-0.15, -0.1) is 11.3 Å². The Labute approximate surface area is 188 Å². The van der Waals surface area contributed by atoms with Gasteiger partial charge in [-0.2, -0.15) is 0 Å². The van der Waals surface area contributed by atoms with Crippen LogP contribution in [0.2, 0.25) is 0 Å². The third kappa shape index (κ3) is 6.24. The number of benzene rings is 1. The van der Waals surface area contributed by atoms with E-state index in [1.54, 1.807) is 11.3 Å². The fraction of sp³-hybridized carbons (Fsp3) is 0.458. The molecule has 0 spiro atoms. The van der Waals surface area contributed by atoms with E-state index in [0.717, 1.165) is 53.3 Å². The monoisotopic (exact) mass is 440 g/mol. The summed E-state index contributed by atoms with van der Waals surface area (Å²) in [4.78, 5) is 23.8. The number of thiophene rings is 1. The molecular weight excluding hydrogens is 408 g/mol. The zero-order valence-corrected chi connectivity index (χ0v) is 19.7. The first-order chi connectivity index (χ1) is 15.0. The molecule has 166 valence electrons. The molecule has 0 fully saturated rings. The van der Waals surface area contributed by atoms with Gasteiger partial charge in [0.25, 0.3) is 5.91 Å². The zero-order valence-electron chi connectivity index (χ0n) is 18.9. The normalized spacial score (nSPS) is 11.1. The van der Waals surface area contributed by atoms with Gasteiger partial charge in [0.05, 0.1) is 5.39 Å². The Morgan fingerprint density at radius 2 is 1.81 bits per heavy atom. The van der Waals surface area contributed by atoms with Crippen molar-refractivity contribution >= 4 is 33.3 Å². The first-order valence-corrected chi connectivity index (χ1v) is 11.7. The van der Waals surface area contributed by atoms with Crippen molar-refractivity contribution in [1.29, 1.82) is 0 Å². The van der Waals surface area contributed by atoms with Crippen molar-refractivity contribution in [3.05, 3.63) is 51.7 Å². The van der Waals surface area contributed by atoms with E-state index >= 15 is 0 Å². The summed E-state index contributed by atoms with van der Waals surface area (Å²) in [6.45, 7) is 11.0. The van der Waals surface area contributed by atoms with E-state index < -0.39 is 0 Å². The molecule has 3 aromatic rings. The predicted molar refractivity (Wildman–Crippen MR) is 128 cm³/mol. The Morgan fingerprint density at radius 1 is 1.06 bits per heavy atom. The van der Waals surface area contributed by atoms with Gasteiger partial charge in [0.1, 0.15) is 16.5 Å². The van der Waals surface area contributed by atoms with Crippen molar-refractivity contribution in [1.82, 2.24) is 15.3 Å². The highest BCUT2D eigenvalue weighted by Gasteiger charge is 2.13. The van der Waals surface area contributed by atoms with Crippen LogP contribution in [0.5, 0.6) is 0 Å². The quantitative estimate of drug-likeness (QED) is 0.403. The van der Waals surface area contributed by atoms with Crippen LogP contribution in [-0.2, 0) is 11.3 Å². The second-order valence-electron chi connectivity index (χ2n) is 7.71. The lowest BCUT2D eigenvalue weighted by Crippen LogP contribution is -2.25. The van der Waals surface area contributed by atoms with Crippen LogP contribution in [0, 0.1) is 20.8 Å². The third-order valence-electron chi connectivity index (χ3n) is 5.21. The van der Waals surface area contributed by atoms with Crippen molar-refractivity contribution in [2.24, 2.45) is 0 Å². The summed E-state index contributed by atoms with van der Waals surface area (Å²) in [7, 11) is 0. The average Bonchev–Trinajstić information content (AvgIpc) is 3.04. The van der Waals surface area contributed by atoms with E-state index in [1.807, 2.05) is 31.2 Å². The van der Waals surface area contributed by atoms with Gasteiger partial charge in [-0.1, -0.05) is 25.5 Å². The molecule has 0 saturated heterocycles. The summed E-state index contributed by atoms with van der Waals surface area (Å²) in [5.74, 6) is 1.58. The minimum absolute atomic E-state index is 0.0504. The molecule has 7 heteroatoms. The van der Waals surface area contributed by atoms with Gasteiger partial charge in [0.2, 0.25) is 0 Å². The highest BCUT2D eigenvalue weighted by molar-refractivity contribution is 7.18. The van der Waals surface area contributed by atoms with E-state index in [2.05, 4.69) is 41.4 Å². The molecule has 0 bridgehead atoms. The van der Waals surface area contributed by atoms with Crippen LogP contribution in [0.3, 0.4) is 0 Å². The predicted octanol–water partition coefficient (Wildman–Crippen LogP) is 5.17. The summed E-state index contributed by atoms with van der Waals surface area (Å²) in [5.41, 5.74) is 2.99. The number of nitrogens with one attached hydrogen (secondary N) is 2. The molecule has 2 heterocycles. The number of hydrogen-bond donors (Lipinski definition) is 2. The SMILES string of the molecule is CCCCOCCCNC(=O)c1ccc(CNc2nc(C)nc3sc(C)c(C)c23)cc1. The topological polar surface area (TPSA) is 76.1 Å². The van der Waals surface area contributed by atoms with Crippen molar-refractivity contribution < 1.29 is 9.53 Å². The first kappa shape index (κ1) is 23.2. The van der Waals surface area contributed by atoms with E-state index in [-0.39, 0.29) is 5.91 Å². The number of unbranched alkanes of at least 4 members (excludes halogenated alkanes) is 1. The number of hydrogen-bond acceptors (Lipinski definition) is 6. The van der Waals surface area contributed by atoms with Crippen LogP contribution < -0.4 is 10.6 Å². The number of ether oxygens (including phenoxy) is 1. The largest absolute Gasteiger partial charge is 0.381 e. The average molecular weight is 441 g/mol. The molecule has 0 aliphatic carbocycles. The lowest BCUT2D eigenvalue weighted by Gasteiger charge is -2.10. The standard InChI is InChI=1S/C24H32N4O2S/c1-5-6-13-30-14-7-12-25-23(29)20-10-8-19(9-11-20)15-26-22-21-16(2)17(3)31-24(21)28-18(4)27-22/h8-11H,5-7,12-15H2,1-4H3,(H,25,29)(H,26,27,28). The summed E-state index contributed by atoms with van der Waals surface area (Å²) in [5, 5.41) is 7.50. The Bertz CT molecular complexity index is 1010. The molecule has 2 aromatic heterocycles. The zero-order chi connectivity index (χ0) is 22.2. The van der Waals surface area contributed by atoms with Crippen LogP contribution in [0.15, 0.2) is 24.3 Å². The Morgan fingerprint density at radius 3 is 2.55 bits per heavy atom. The Hall–Kier alpha value is -2.51. The Balaban J connectivity index is 1.52. The van der Waals surface area contributed by atoms with E-state index in [4.69, 9.17) is 4.74 Å². The van der Waals surface area contributed by atoms with Gasteiger partial charge in [0, 0.05) is 36.7 Å². The van der Waals surface area contributed by atoms with Gasteiger partial charge < -0.3 is 15.4 Å². The fourth-order valence-electron chi connectivity index (χ4n) is 3.27. The molecule has 0 saturated carbocycles. The molecule has 31 heavy (non-hydrogen) atoms. The fourth-order valence-corrected chi connectivity index (χ4v) is 4.35. The van der Waals surface area contributed by atoms with Gasteiger partial charge in [-0.25, -0.2) is 9.97 Å². The van der Waals surface area contributed by atoms with Crippen LogP contribution in [0.4, 0.5) is 5.82 Å². The van der Waals surface area contributed by atoms with Gasteiger partial charge in [-0.3, -0.25) is 4.79 Å². The van der Waals surface area contributed by atoms with Crippen molar-refractivity contribution in [2.45, 2.75) is 53.5 Å². The molecule has 1 aromatic carbocycles. The second kappa shape index (κ2) is 11.2. The number of carbonyl (C=O) groups excluding carboxylic acids is 1. The van der Waals surface area contributed by atoms with Crippen LogP contribution >= 0.6 is 11.3 Å². The summed E-state index contributed by atoms with van der Waals surface area (Å²) >= 11 is 1.70. The van der Waals surface area contributed by atoms with Crippen LogP contribution in [0.1, 0.15) is 58.4 Å². The molecule has 0 aliphatic rings. The number of aryl methyl sites for hydroxylation is 3. The minimum Gasteiger partial charge on any atom is -0.381 e. The highest BCUT2D eigenvalue weighted by atomic mass is 32.1. The molecule has 0 radical (unpaired) electrons. The number of amides is 1. The van der Waals surface area contributed by atoms with E-state index in [9.17, 15) is 4.79 Å². The molecular formula is C24H32N4O2S. The van der Waals surface area contributed by atoms with E-state index in [1.165, 1.54) is 10.4 Å². The maximum absolute atomic E-state index is 12.3. The maximum atomic E-state index is 12.3. The summed E-state index contributed by atoms with van der Waals surface area (Å²) in [6, 6.07) is 7.69. The van der Waals surface area contributed by atoms with E-state index in [0.29, 0.717) is 25.3 Å². The lowest BCUT2D eigenvalue weighted by molar-refractivity contribution is 0.0940. The highest BCUT2D eigenvalue weighted by Crippen LogP contribution is 2.33. The number of nitrogens with zero attached hydrogens (tertiary/aromatic N) is 2. The number of anilines is 1. The second-order valence-corrected chi connectivity index (χ2v) is 8.91. The van der Waals surface area contributed by atoms with Gasteiger partial charge in [-0.05, 0) is 56.9 Å². The van der Waals surface area contributed by atoms with Crippen LogP contribution in [0.25, 0.3) is 10.2 Å². The van der Waals surface area contributed by atoms with Crippen molar-refractivity contribution in [2.75, 3.05) is 25.1 Å². The third-order valence-corrected chi connectivity index (χ3v) is 6.31. The Kier molecular flexibility index (Phi) is 8.37. The lowest BCUT2D eigenvalue weighted by atomic mass is 10.1. The number of rotatable bonds is 11. The maximum Gasteiger partial charge on any atom is 0.251 e.